The summed E-state index contributed by atoms with van der Waals surface area (Å²) in [6.07, 6.45) is 6.58. The second-order valence-corrected chi connectivity index (χ2v) is 6.09. The summed E-state index contributed by atoms with van der Waals surface area (Å²) in [4.78, 5) is 0. The maximum Gasteiger partial charge on any atom is 0.127 e. The Kier molecular flexibility index (Phi) is 2.78. The molecule has 4 atom stereocenters. The van der Waals surface area contributed by atoms with Gasteiger partial charge in [-0.05, 0) is 37.7 Å². The molecule has 0 spiro atoms. The van der Waals surface area contributed by atoms with Crippen molar-refractivity contribution in [2.75, 3.05) is 6.61 Å². The van der Waals surface area contributed by atoms with E-state index in [1.807, 2.05) is 0 Å². The van der Waals surface area contributed by atoms with E-state index in [-0.39, 0.29) is 6.04 Å². The number of nitrogens with two attached hydrogens (primary N) is 1. The molecule has 102 valence electrons. The smallest absolute Gasteiger partial charge is 0.127 e. The average molecular weight is 259 g/mol. The molecule has 3 nitrogen and oxygen atoms in total. The topological polar surface area (TPSA) is 44.5 Å². The molecule has 2 saturated heterocycles. The maximum atomic E-state index is 6.55. The zero-order chi connectivity index (χ0) is 12.8. The van der Waals surface area contributed by atoms with Gasteiger partial charge in [0.25, 0.3) is 0 Å². The summed E-state index contributed by atoms with van der Waals surface area (Å²) in [7, 11) is 0. The lowest BCUT2D eigenvalue weighted by Gasteiger charge is -2.29. The number of benzene rings is 1. The second-order valence-electron chi connectivity index (χ2n) is 6.09. The fraction of sp³-hybridized carbons (Fsp3) is 0.625. The van der Waals surface area contributed by atoms with Crippen molar-refractivity contribution in [2.24, 2.45) is 11.7 Å². The highest BCUT2D eigenvalue weighted by molar-refractivity contribution is 5.44. The molecule has 3 aliphatic heterocycles. The van der Waals surface area contributed by atoms with E-state index in [2.05, 4.69) is 18.2 Å². The number of hydrogen-bond acceptors (Lipinski definition) is 3. The summed E-state index contributed by atoms with van der Waals surface area (Å²) < 4.78 is 11.8. The monoisotopic (exact) mass is 259 g/mol. The lowest BCUT2D eigenvalue weighted by molar-refractivity contribution is 0.0882. The summed E-state index contributed by atoms with van der Waals surface area (Å²) in [5, 5.41) is 0. The van der Waals surface area contributed by atoms with Gasteiger partial charge in [-0.15, -0.1) is 0 Å². The molecule has 1 aromatic rings. The molecular weight excluding hydrogens is 238 g/mol. The number of rotatable bonds is 2. The fourth-order valence-corrected chi connectivity index (χ4v) is 3.96. The zero-order valence-corrected chi connectivity index (χ0v) is 11.2. The van der Waals surface area contributed by atoms with Gasteiger partial charge in [0.15, 0.2) is 0 Å². The van der Waals surface area contributed by atoms with Gasteiger partial charge in [0.05, 0.1) is 18.8 Å². The van der Waals surface area contributed by atoms with E-state index in [0.717, 1.165) is 31.6 Å². The Labute approximate surface area is 114 Å². The van der Waals surface area contributed by atoms with Gasteiger partial charge in [0.1, 0.15) is 5.75 Å². The second kappa shape index (κ2) is 4.50. The van der Waals surface area contributed by atoms with E-state index >= 15 is 0 Å². The predicted molar refractivity (Wildman–Crippen MR) is 73.2 cm³/mol. The molecule has 0 radical (unpaired) electrons. The number of hydrogen-bond donors (Lipinski definition) is 1. The Morgan fingerprint density at radius 3 is 3.00 bits per heavy atom. The van der Waals surface area contributed by atoms with Gasteiger partial charge in [-0.3, -0.25) is 0 Å². The van der Waals surface area contributed by atoms with Crippen LogP contribution in [0, 0.1) is 5.92 Å². The van der Waals surface area contributed by atoms with Crippen LogP contribution in [0.3, 0.4) is 0 Å². The highest BCUT2D eigenvalue weighted by Crippen LogP contribution is 2.46. The summed E-state index contributed by atoms with van der Waals surface area (Å²) in [5.41, 5.74) is 9.07. The average Bonchev–Trinajstić information content (AvgIpc) is 3.08. The molecule has 1 aromatic carbocycles. The third-order valence-electron chi connectivity index (χ3n) is 4.94. The molecule has 3 heteroatoms. The van der Waals surface area contributed by atoms with Gasteiger partial charge in [0, 0.05) is 17.5 Å². The Morgan fingerprint density at radius 2 is 2.21 bits per heavy atom. The van der Waals surface area contributed by atoms with Crippen molar-refractivity contribution in [1.29, 1.82) is 0 Å². The highest BCUT2D eigenvalue weighted by atomic mass is 16.5. The van der Waals surface area contributed by atoms with Crippen LogP contribution in [0.25, 0.3) is 0 Å². The Hall–Kier alpha value is -1.06. The molecular formula is C16H21NO2. The largest absolute Gasteiger partial charge is 0.493 e. The van der Waals surface area contributed by atoms with Crippen LogP contribution in [-0.4, -0.2) is 18.8 Å². The van der Waals surface area contributed by atoms with E-state index in [1.165, 1.54) is 24.0 Å². The lowest BCUT2D eigenvalue weighted by atomic mass is 9.80. The van der Waals surface area contributed by atoms with E-state index in [9.17, 15) is 0 Å². The third kappa shape index (κ3) is 1.87. The Balaban J connectivity index is 1.65. The number of ether oxygens (including phenoxy) is 2. The van der Waals surface area contributed by atoms with E-state index in [0.29, 0.717) is 18.1 Å². The first-order chi connectivity index (χ1) is 9.33. The molecule has 2 bridgehead atoms. The van der Waals surface area contributed by atoms with Crippen LogP contribution in [-0.2, 0) is 11.2 Å². The van der Waals surface area contributed by atoms with Crippen LogP contribution in [0.2, 0.25) is 0 Å². The summed E-state index contributed by atoms with van der Waals surface area (Å²) in [6, 6.07) is 6.49. The van der Waals surface area contributed by atoms with Gasteiger partial charge in [-0.1, -0.05) is 18.2 Å². The minimum Gasteiger partial charge on any atom is -0.493 e. The molecule has 2 fully saturated rings. The van der Waals surface area contributed by atoms with Crippen LogP contribution in [0.4, 0.5) is 0 Å². The van der Waals surface area contributed by atoms with Gasteiger partial charge in [-0.25, -0.2) is 0 Å². The molecule has 4 unspecified atom stereocenters. The molecule has 4 rings (SSSR count). The molecule has 3 aliphatic rings. The van der Waals surface area contributed by atoms with Gasteiger partial charge < -0.3 is 15.2 Å². The standard InChI is InChI=1S/C16H21NO2/c17-15(13-9-11-6-7-14(13)19-11)12-5-1-3-10-4-2-8-18-16(10)12/h1,3,5,11,13-15H,2,4,6-9,17H2. The minimum absolute atomic E-state index is 0.0587. The first-order valence-corrected chi connectivity index (χ1v) is 7.48. The van der Waals surface area contributed by atoms with Crippen molar-refractivity contribution in [3.05, 3.63) is 29.3 Å². The van der Waals surface area contributed by atoms with E-state index in [4.69, 9.17) is 15.2 Å². The zero-order valence-electron chi connectivity index (χ0n) is 11.2. The Bertz CT molecular complexity index is 488. The van der Waals surface area contributed by atoms with Crippen molar-refractivity contribution in [2.45, 2.75) is 50.4 Å². The summed E-state index contributed by atoms with van der Waals surface area (Å²) in [6.45, 7) is 0.823. The van der Waals surface area contributed by atoms with Crippen molar-refractivity contribution < 1.29 is 9.47 Å². The van der Waals surface area contributed by atoms with Gasteiger partial charge in [0.2, 0.25) is 0 Å². The van der Waals surface area contributed by atoms with Crippen LogP contribution in [0.1, 0.15) is 42.9 Å². The van der Waals surface area contributed by atoms with Crippen LogP contribution in [0.15, 0.2) is 18.2 Å². The SMILES string of the molecule is NC(c1cccc2c1OCCC2)C1CC2CCC1O2. The number of para-hydroxylation sites is 1. The molecule has 2 N–H and O–H groups in total. The lowest BCUT2D eigenvalue weighted by Crippen LogP contribution is -2.30. The quantitative estimate of drug-likeness (QED) is 0.887. The maximum absolute atomic E-state index is 6.55. The summed E-state index contributed by atoms with van der Waals surface area (Å²) in [5.74, 6) is 1.53. The van der Waals surface area contributed by atoms with Crippen molar-refractivity contribution in [1.82, 2.24) is 0 Å². The van der Waals surface area contributed by atoms with Gasteiger partial charge in [-0.2, -0.15) is 0 Å². The molecule has 0 aromatic heterocycles. The predicted octanol–water partition coefficient (Wildman–Crippen LogP) is 2.58. The van der Waals surface area contributed by atoms with Crippen LogP contribution >= 0.6 is 0 Å². The van der Waals surface area contributed by atoms with Crippen molar-refractivity contribution in [3.8, 4) is 5.75 Å². The number of fused-ring (bicyclic) bond motifs is 3. The molecule has 0 amide bonds. The molecule has 0 aliphatic carbocycles. The Morgan fingerprint density at radius 1 is 1.26 bits per heavy atom. The molecule has 0 saturated carbocycles. The minimum atomic E-state index is 0.0587. The van der Waals surface area contributed by atoms with E-state index < -0.39 is 0 Å². The normalized spacial score (nSPS) is 33.8. The number of aryl methyl sites for hydroxylation is 1. The summed E-state index contributed by atoms with van der Waals surface area (Å²) >= 11 is 0. The fourth-order valence-electron chi connectivity index (χ4n) is 3.96. The van der Waals surface area contributed by atoms with E-state index in [1.54, 1.807) is 0 Å². The van der Waals surface area contributed by atoms with Gasteiger partial charge >= 0.3 is 0 Å². The van der Waals surface area contributed by atoms with Crippen molar-refractivity contribution in [3.63, 3.8) is 0 Å². The van der Waals surface area contributed by atoms with Crippen LogP contribution in [0.5, 0.6) is 5.75 Å². The first-order valence-electron chi connectivity index (χ1n) is 7.48. The third-order valence-corrected chi connectivity index (χ3v) is 4.94. The highest BCUT2D eigenvalue weighted by Gasteiger charge is 2.44. The molecule has 3 heterocycles. The molecule has 19 heavy (non-hydrogen) atoms. The van der Waals surface area contributed by atoms with Crippen molar-refractivity contribution >= 4 is 0 Å². The van der Waals surface area contributed by atoms with Crippen LogP contribution < -0.4 is 10.5 Å². The first kappa shape index (κ1) is 11.7.